The standard InChI is InChI=1S/C32H52N4S.HI/c1-6-11-13-15-21-36(22-16-14-12-7-2)28-18-20-30-32(26-28)37-31-25-27(17-19-29(31)33-30)35(10-5)24-23-34(8-3)9-4;/h17-20,25-26,33H,6-16,21-24H2,1-5H3;1H. The molecule has 0 fully saturated rings. The Hall–Kier alpha value is -1.12. The smallest absolute Gasteiger partial charge is 0.0527 e. The minimum atomic E-state index is 0. The van der Waals surface area contributed by atoms with Crippen molar-refractivity contribution in [3.05, 3.63) is 36.4 Å². The number of hydrogen-bond acceptors (Lipinski definition) is 5. The highest BCUT2D eigenvalue weighted by Gasteiger charge is 2.19. The number of halogens is 1. The maximum Gasteiger partial charge on any atom is 0.0527 e. The van der Waals surface area contributed by atoms with E-state index < -0.39 is 0 Å². The third-order valence-electron chi connectivity index (χ3n) is 7.68. The molecule has 1 heterocycles. The summed E-state index contributed by atoms with van der Waals surface area (Å²) in [7, 11) is 0. The van der Waals surface area contributed by atoms with Crippen molar-refractivity contribution < 1.29 is 0 Å². The van der Waals surface area contributed by atoms with Gasteiger partial charge < -0.3 is 20.0 Å². The summed E-state index contributed by atoms with van der Waals surface area (Å²) < 4.78 is 0. The van der Waals surface area contributed by atoms with Gasteiger partial charge in [-0.3, -0.25) is 0 Å². The fraction of sp³-hybridized carbons (Fsp3) is 0.625. The molecular weight excluding hydrogens is 599 g/mol. The molecule has 0 aromatic heterocycles. The number of likely N-dealkylation sites (N-methyl/N-ethyl adjacent to an activating group) is 2. The highest BCUT2D eigenvalue weighted by molar-refractivity contribution is 14.0. The summed E-state index contributed by atoms with van der Waals surface area (Å²) in [6.07, 6.45) is 10.5. The van der Waals surface area contributed by atoms with Gasteiger partial charge in [-0.15, -0.1) is 24.0 Å². The van der Waals surface area contributed by atoms with Gasteiger partial charge in [0.1, 0.15) is 0 Å². The van der Waals surface area contributed by atoms with Gasteiger partial charge in [0.25, 0.3) is 0 Å². The second-order valence-electron chi connectivity index (χ2n) is 10.3. The Bertz CT molecular complexity index is 922. The van der Waals surface area contributed by atoms with Gasteiger partial charge in [0, 0.05) is 53.9 Å². The van der Waals surface area contributed by atoms with E-state index in [1.54, 1.807) is 0 Å². The minimum absolute atomic E-state index is 0. The number of unbranched alkanes of at least 4 members (excludes halogenated alkanes) is 6. The average Bonchev–Trinajstić information content (AvgIpc) is 2.93. The van der Waals surface area contributed by atoms with Crippen molar-refractivity contribution in [2.24, 2.45) is 0 Å². The lowest BCUT2D eigenvalue weighted by molar-refractivity contribution is 0.310. The largest absolute Gasteiger partial charge is 0.372 e. The zero-order chi connectivity index (χ0) is 26.5. The topological polar surface area (TPSA) is 21.8 Å². The van der Waals surface area contributed by atoms with E-state index in [1.165, 1.54) is 97.0 Å². The maximum atomic E-state index is 3.71. The normalized spacial score (nSPS) is 11.9. The van der Waals surface area contributed by atoms with Gasteiger partial charge >= 0.3 is 0 Å². The van der Waals surface area contributed by atoms with Gasteiger partial charge in [0.05, 0.1) is 11.4 Å². The first-order chi connectivity index (χ1) is 18.1. The fourth-order valence-corrected chi connectivity index (χ4v) is 6.21. The second-order valence-corrected chi connectivity index (χ2v) is 11.4. The van der Waals surface area contributed by atoms with Gasteiger partial charge in [-0.2, -0.15) is 0 Å². The molecule has 1 aliphatic heterocycles. The van der Waals surface area contributed by atoms with Crippen molar-refractivity contribution >= 4 is 58.5 Å². The third-order valence-corrected chi connectivity index (χ3v) is 8.79. The molecule has 0 amide bonds. The van der Waals surface area contributed by atoms with E-state index in [1.807, 2.05) is 11.8 Å². The molecule has 2 aromatic carbocycles. The number of benzene rings is 2. The highest BCUT2D eigenvalue weighted by Crippen LogP contribution is 2.46. The molecule has 3 rings (SSSR count). The van der Waals surface area contributed by atoms with E-state index in [-0.39, 0.29) is 24.0 Å². The molecular formula is C32H53IN4S. The predicted octanol–water partition coefficient (Wildman–Crippen LogP) is 9.65. The second kappa shape index (κ2) is 18.3. The minimum Gasteiger partial charge on any atom is -0.372 e. The summed E-state index contributed by atoms with van der Waals surface area (Å²) in [6, 6.07) is 14.0. The Balaban J connectivity index is 0.00000507. The molecule has 0 spiro atoms. The van der Waals surface area contributed by atoms with Crippen LogP contribution in [0.15, 0.2) is 46.2 Å². The molecule has 0 atom stereocenters. The molecule has 0 saturated heterocycles. The van der Waals surface area contributed by atoms with Crippen LogP contribution in [-0.2, 0) is 0 Å². The molecule has 214 valence electrons. The zero-order valence-electron chi connectivity index (χ0n) is 24.7. The van der Waals surface area contributed by atoms with E-state index in [9.17, 15) is 0 Å². The van der Waals surface area contributed by atoms with Gasteiger partial charge in [0.15, 0.2) is 0 Å². The van der Waals surface area contributed by atoms with Crippen LogP contribution in [0.25, 0.3) is 0 Å². The zero-order valence-corrected chi connectivity index (χ0v) is 27.9. The first kappa shape index (κ1) is 33.1. The summed E-state index contributed by atoms with van der Waals surface area (Å²) in [5.74, 6) is 0. The lowest BCUT2D eigenvalue weighted by Gasteiger charge is -2.30. The van der Waals surface area contributed by atoms with Crippen LogP contribution in [0.2, 0.25) is 0 Å². The number of anilines is 4. The van der Waals surface area contributed by atoms with Crippen LogP contribution < -0.4 is 15.1 Å². The van der Waals surface area contributed by atoms with Gasteiger partial charge in [0.2, 0.25) is 0 Å². The van der Waals surface area contributed by atoms with Crippen LogP contribution in [-0.4, -0.2) is 50.7 Å². The molecule has 6 heteroatoms. The Kier molecular flexibility index (Phi) is 15.9. The summed E-state index contributed by atoms with van der Waals surface area (Å²) in [5, 5.41) is 3.71. The quantitative estimate of drug-likeness (QED) is 0.109. The first-order valence-corrected chi connectivity index (χ1v) is 15.9. The van der Waals surface area contributed by atoms with Crippen LogP contribution in [0.1, 0.15) is 86.0 Å². The Morgan fingerprint density at radius 3 is 1.58 bits per heavy atom. The molecule has 2 aromatic rings. The summed E-state index contributed by atoms with van der Waals surface area (Å²) >= 11 is 1.93. The van der Waals surface area contributed by atoms with Crippen molar-refractivity contribution in [1.29, 1.82) is 0 Å². The fourth-order valence-electron chi connectivity index (χ4n) is 5.16. The van der Waals surface area contributed by atoms with Crippen LogP contribution in [0.5, 0.6) is 0 Å². The number of nitrogens with zero attached hydrogens (tertiary/aromatic N) is 3. The monoisotopic (exact) mass is 652 g/mol. The van der Waals surface area contributed by atoms with E-state index in [0.29, 0.717) is 0 Å². The molecule has 1 N–H and O–H groups in total. The van der Waals surface area contributed by atoms with Crippen LogP contribution in [0.3, 0.4) is 0 Å². The first-order valence-electron chi connectivity index (χ1n) is 15.1. The van der Waals surface area contributed by atoms with Gasteiger partial charge in [-0.1, -0.05) is 78.0 Å². The van der Waals surface area contributed by atoms with Crippen molar-refractivity contribution in [3.8, 4) is 0 Å². The number of hydrogen-bond donors (Lipinski definition) is 1. The maximum absolute atomic E-state index is 3.71. The molecule has 0 saturated carbocycles. The third kappa shape index (κ3) is 9.81. The highest BCUT2D eigenvalue weighted by atomic mass is 127. The molecule has 0 radical (unpaired) electrons. The molecule has 4 nitrogen and oxygen atoms in total. The molecule has 0 unspecified atom stereocenters. The van der Waals surface area contributed by atoms with Gasteiger partial charge in [-0.05, 0) is 69.3 Å². The van der Waals surface area contributed by atoms with Crippen LogP contribution >= 0.6 is 35.7 Å². The number of fused-ring (bicyclic) bond motifs is 2. The Morgan fingerprint density at radius 1 is 0.579 bits per heavy atom. The molecule has 38 heavy (non-hydrogen) atoms. The Labute approximate surface area is 255 Å². The van der Waals surface area contributed by atoms with Crippen molar-refractivity contribution in [1.82, 2.24) is 4.90 Å². The summed E-state index contributed by atoms with van der Waals surface area (Å²) in [4.78, 5) is 10.3. The molecule has 0 bridgehead atoms. The van der Waals surface area contributed by atoms with E-state index in [0.717, 1.165) is 32.7 Å². The van der Waals surface area contributed by atoms with Crippen LogP contribution in [0.4, 0.5) is 22.7 Å². The van der Waals surface area contributed by atoms with E-state index in [2.05, 4.69) is 91.0 Å². The molecule has 1 aliphatic rings. The Morgan fingerprint density at radius 2 is 1.11 bits per heavy atom. The van der Waals surface area contributed by atoms with Crippen molar-refractivity contribution in [2.75, 3.05) is 60.9 Å². The lowest BCUT2D eigenvalue weighted by Crippen LogP contribution is -2.35. The van der Waals surface area contributed by atoms with E-state index in [4.69, 9.17) is 0 Å². The summed E-state index contributed by atoms with van der Waals surface area (Å²) in [6.45, 7) is 19.2. The number of nitrogens with one attached hydrogen (secondary N) is 1. The average molecular weight is 653 g/mol. The van der Waals surface area contributed by atoms with Crippen molar-refractivity contribution in [3.63, 3.8) is 0 Å². The number of rotatable bonds is 18. The van der Waals surface area contributed by atoms with Crippen molar-refractivity contribution in [2.45, 2.75) is 95.8 Å². The van der Waals surface area contributed by atoms with E-state index >= 15 is 0 Å². The van der Waals surface area contributed by atoms with Crippen LogP contribution in [0, 0.1) is 0 Å². The molecule has 0 aliphatic carbocycles. The SMILES string of the molecule is CCCCCCN(CCCCCC)c1ccc2c(c1)Sc1cc(N(CC)CCN(CC)CC)ccc1N2.I. The predicted molar refractivity (Wildman–Crippen MR) is 182 cm³/mol. The van der Waals surface area contributed by atoms with Gasteiger partial charge in [-0.25, -0.2) is 0 Å². The summed E-state index contributed by atoms with van der Waals surface area (Å²) in [5.41, 5.74) is 5.18. The lowest BCUT2D eigenvalue weighted by atomic mass is 10.1.